The average molecular weight is 249 g/mol. The summed E-state index contributed by atoms with van der Waals surface area (Å²) in [4.78, 5) is 11.3. The summed E-state index contributed by atoms with van der Waals surface area (Å²) in [7, 11) is 0. The summed E-state index contributed by atoms with van der Waals surface area (Å²) in [6.45, 7) is 3.12. The fourth-order valence-electron chi connectivity index (χ4n) is 3.02. The molecule has 100 valence electrons. The summed E-state index contributed by atoms with van der Waals surface area (Å²) >= 11 is 0. The lowest BCUT2D eigenvalue weighted by molar-refractivity contribution is 0.0694. The maximum Gasteiger partial charge on any atom is 0.337 e. The van der Waals surface area contributed by atoms with Crippen LogP contribution in [0.15, 0.2) is 12.3 Å². The van der Waals surface area contributed by atoms with Crippen LogP contribution in [0.25, 0.3) is 0 Å². The fourth-order valence-corrected chi connectivity index (χ4v) is 3.02. The number of aromatic nitrogens is 1. The van der Waals surface area contributed by atoms with Crippen LogP contribution in [-0.4, -0.2) is 15.6 Å². The number of hydrogen-bond acceptors (Lipinski definition) is 1. The van der Waals surface area contributed by atoms with Gasteiger partial charge < -0.3 is 9.67 Å². The molecular formula is C15H23NO2. The molecule has 0 atom stereocenters. The zero-order valence-electron chi connectivity index (χ0n) is 11.2. The molecule has 0 aliphatic heterocycles. The molecule has 1 saturated carbocycles. The minimum Gasteiger partial charge on any atom is -0.478 e. The molecule has 0 aromatic carbocycles. The maximum absolute atomic E-state index is 11.3. The molecule has 1 N–H and O–H groups in total. The Balaban J connectivity index is 2.26. The summed E-state index contributed by atoms with van der Waals surface area (Å²) in [6.07, 6.45) is 10.3. The first-order valence-electron chi connectivity index (χ1n) is 7.16. The normalized spacial score (nSPS) is 16.9. The van der Waals surface area contributed by atoms with Crippen molar-refractivity contribution in [2.24, 2.45) is 0 Å². The lowest BCUT2D eigenvalue weighted by Gasteiger charge is -2.24. The van der Waals surface area contributed by atoms with Gasteiger partial charge in [-0.15, -0.1) is 0 Å². The number of carboxylic acid groups (broad SMARTS) is 1. The van der Waals surface area contributed by atoms with Gasteiger partial charge in [-0.25, -0.2) is 4.79 Å². The van der Waals surface area contributed by atoms with Crippen LogP contribution in [0.1, 0.15) is 73.8 Å². The van der Waals surface area contributed by atoms with Gasteiger partial charge in [0.2, 0.25) is 0 Å². The molecular weight excluding hydrogens is 226 g/mol. The highest BCUT2D eigenvalue weighted by Crippen LogP contribution is 2.35. The molecule has 1 aromatic rings. The molecule has 18 heavy (non-hydrogen) atoms. The largest absolute Gasteiger partial charge is 0.478 e. The monoisotopic (exact) mass is 249 g/mol. The lowest BCUT2D eigenvalue weighted by atomic mass is 9.85. The van der Waals surface area contributed by atoms with Crippen LogP contribution >= 0.6 is 0 Å². The standard InChI is InChI=1S/C15H23NO2/c1-2-3-10-16-11-9-13(15(17)18)14(16)12-7-5-4-6-8-12/h9,11-12H,2-8,10H2,1H3,(H,17,18). The van der Waals surface area contributed by atoms with E-state index in [4.69, 9.17) is 0 Å². The van der Waals surface area contributed by atoms with Crippen LogP contribution in [0.4, 0.5) is 0 Å². The van der Waals surface area contributed by atoms with Crippen molar-refractivity contribution >= 4 is 5.97 Å². The van der Waals surface area contributed by atoms with Gasteiger partial charge in [0.05, 0.1) is 5.56 Å². The third kappa shape index (κ3) is 2.77. The molecule has 1 aromatic heterocycles. The number of carboxylic acids is 1. The third-order valence-electron chi connectivity index (χ3n) is 3.98. The minimum absolute atomic E-state index is 0.455. The van der Waals surface area contributed by atoms with E-state index in [1.807, 2.05) is 6.20 Å². The van der Waals surface area contributed by atoms with Gasteiger partial charge in [-0.1, -0.05) is 32.6 Å². The molecule has 1 fully saturated rings. The van der Waals surface area contributed by atoms with Crippen LogP contribution < -0.4 is 0 Å². The zero-order chi connectivity index (χ0) is 13.0. The summed E-state index contributed by atoms with van der Waals surface area (Å²) in [5, 5.41) is 9.32. The molecule has 0 saturated heterocycles. The van der Waals surface area contributed by atoms with Gasteiger partial charge in [-0.3, -0.25) is 0 Å². The van der Waals surface area contributed by atoms with Crippen molar-refractivity contribution in [3.05, 3.63) is 23.5 Å². The van der Waals surface area contributed by atoms with E-state index in [1.165, 1.54) is 19.3 Å². The number of unbranched alkanes of at least 4 members (excludes halogenated alkanes) is 1. The van der Waals surface area contributed by atoms with Crippen molar-refractivity contribution in [3.8, 4) is 0 Å². The van der Waals surface area contributed by atoms with Crippen molar-refractivity contribution in [1.29, 1.82) is 0 Å². The van der Waals surface area contributed by atoms with Crippen molar-refractivity contribution < 1.29 is 9.90 Å². The van der Waals surface area contributed by atoms with E-state index in [0.717, 1.165) is 37.9 Å². The van der Waals surface area contributed by atoms with Gasteiger partial charge in [0, 0.05) is 24.4 Å². The van der Waals surface area contributed by atoms with Gasteiger partial charge >= 0.3 is 5.97 Å². The van der Waals surface area contributed by atoms with Crippen LogP contribution in [0, 0.1) is 0 Å². The van der Waals surface area contributed by atoms with Gasteiger partial charge in [0.25, 0.3) is 0 Å². The number of carbonyl (C=O) groups is 1. The summed E-state index contributed by atoms with van der Waals surface area (Å²) in [5.74, 6) is -0.317. The molecule has 2 rings (SSSR count). The number of rotatable bonds is 5. The molecule has 0 unspecified atom stereocenters. The maximum atomic E-state index is 11.3. The van der Waals surface area contributed by atoms with Gasteiger partial charge in [-0.05, 0) is 25.3 Å². The predicted molar refractivity (Wildman–Crippen MR) is 72.1 cm³/mol. The van der Waals surface area contributed by atoms with Gasteiger partial charge in [0.15, 0.2) is 0 Å². The first-order chi connectivity index (χ1) is 8.74. The number of aromatic carboxylic acids is 1. The molecule has 3 nitrogen and oxygen atoms in total. The van der Waals surface area contributed by atoms with E-state index in [0.29, 0.717) is 11.5 Å². The molecule has 0 amide bonds. The SMILES string of the molecule is CCCCn1ccc(C(=O)O)c1C1CCCCC1. The molecule has 0 radical (unpaired) electrons. The predicted octanol–water partition coefficient (Wildman–Crippen LogP) is 4.03. The third-order valence-corrected chi connectivity index (χ3v) is 3.98. The van der Waals surface area contributed by atoms with Crippen LogP contribution in [-0.2, 0) is 6.54 Å². The number of aryl methyl sites for hydroxylation is 1. The highest BCUT2D eigenvalue weighted by atomic mass is 16.4. The smallest absolute Gasteiger partial charge is 0.337 e. The van der Waals surface area contributed by atoms with Gasteiger partial charge in [-0.2, -0.15) is 0 Å². The second-order valence-electron chi connectivity index (χ2n) is 5.30. The topological polar surface area (TPSA) is 42.2 Å². The van der Waals surface area contributed by atoms with Gasteiger partial charge in [0.1, 0.15) is 0 Å². The Morgan fingerprint density at radius 2 is 2.11 bits per heavy atom. The minimum atomic E-state index is -0.772. The lowest BCUT2D eigenvalue weighted by Crippen LogP contribution is -2.14. The van der Waals surface area contributed by atoms with E-state index in [9.17, 15) is 9.90 Å². The average Bonchev–Trinajstić information content (AvgIpc) is 2.81. The Kier molecular flexibility index (Phi) is 4.45. The van der Waals surface area contributed by atoms with Crippen LogP contribution in [0.5, 0.6) is 0 Å². The number of nitrogens with zero attached hydrogens (tertiary/aromatic N) is 1. The quantitative estimate of drug-likeness (QED) is 0.856. The molecule has 1 aliphatic rings. The highest BCUT2D eigenvalue weighted by molar-refractivity contribution is 5.89. The first kappa shape index (κ1) is 13.2. The Bertz CT molecular complexity index is 403. The Morgan fingerprint density at radius 1 is 1.39 bits per heavy atom. The van der Waals surface area contributed by atoms with Crippen molar-refractivity contribution in [3.63, 3.8) is 0 Å². The second kappa shape index (κ2) is 6.07. The Morgan fingerprint density at radius 3 is 2.72 bits per heavy atom. The zero-order valence-corrected chi connectivity index (χ0v) is 11.2. The second-order valence-corrected chi connectivity index (χ2v) is 5.30. The molecule has 1 heterocycles. The van der Waals surface area contributed by atoms with E-state index >= 15 is 0 Å². The summed E-state index contributed by atoms with van der Waals surface area (Å²) in [5.41, 5.74) is 1.61. The van der Waals surface area contributed by atoms with E-state index in [2.05, 4.69) is 11.5 Å². The van der Waals surface area contributed by atoms with Crippen molar-refractivity contribution in [1.82, 2.24) is 4.57 Å². The number of hydrogen-bond donors (Lipinski definition) is 1. The van der Waals surface area contributed by atoms with E-state index in [-0.39, 0.29) is 0 Å². The molecule has 0 bridgehead atoms. The molecule has 0 spiro atoms. The molecule has 1 aliphatic carbocycles. The Labute approximate surface area is 109 Å². The summed E-state index contributed by atoms with van der Waals surface area (Å²) < 4.78 is 2.18. The Hall–Kier alpha value is -1.25. The van der Waals surface area contributed by atoms with E-state index in [1.54, 1.807) is 6.07 Å². The van der Waals surface area contributed by atoms with Crippen LogP contribution in [0.3, 0.4) is 0 Å². The van der Waals surface area contributed by atoms with Crippen LogP contribution in [0.2, 0.25) is 0 Å². The van der Waals surface area contributed by atoms with E-state index < -0.39 is 5.97 Å². The fraction of sp³-hybridized carbons (Fsp3) is 0.667. The summed E-state index contributed by atoms with van der Waals surface area (Å²) in [6, 6.07) is 1.78. The highest BCUT2D eigenvalue weighted by Gasteiger charge is 2.24. The van der Waals surface area contributed by atoms with Crippen molar-refractivity contribution in [2.45, 2.75) is 64.3 Å². The van der Waals surface area contributed by atoms with Crippen molar-refractivity contribution in [2.75, 3.05) is 0 Å². The first-order valence-corrected chi connectivity index (χ1v) is 7.16. The molecule has 3 heteroatoms.